The van der Waals surface area contributed by atoms with E-state index in [9.17, 15) is 10.1 Å². The number of hydrogen-bond donors (Lipinski definition) is 0. The van der Waals surface area contributed by atoms with Crippen LogP contribution in [0.5, 0.6) is 5.75 Å². The Morgan fingerprint density at radius 1 is 1.33 bits per heavy atom. The summed E-state index contributed by atoms with van der Waals surface area (Å²) < 4.78 is 7.10. The van der Waals surface area contributed by atoms with Crippen molar-refractivity contribution in [2.75, 3.05) is 7.11 Å². The highest BCUT2D eigenvalue weighted by Crippen LogP contribution is 2.36. The Morgan fingerprint density at radius 3 is 2.89 bits per heavy atom. The van der Waals surface area contributed by atoms with Crippen LogP contribution in [0.1, 0.15) is 30.2 Å². The Kier molecular flexibility index (Phi) is 4.94. The largest absolute Gasteiger partial charge is 0.495 e. The van der Waals surface area contributed by atoms with Gasteiger partial charge in [0.05, 0.1) is 29.5 Å². The first kappa shape index (κ1) is 18.1. The summed E-state index contributed by atoms with van der Waals surface area (Å²) in [5.41, 5.74) is 1.74. The van der Waals surface area contributed by atoms with Crippen molar-refractivity contribution in [1.82, 2.24) is 9.55 Å². The lowest BCUT2D eigenvalue weighted by atomic mass is 9.97. The lowest BCUT2D eigenvalue weighted by Crippen LogP contribution is -2.23. The van der Waals surface area contributed by atoms with E-state index < -0.39 is 0 Å². The molecule has 0 amide bonds. The summed E-state index contributed by atoms with van der Waals surface area (Å²) in [6.07, 6.45) is 4.21. The molecule has 1 aliphatic rings. The summed E-state index contributed by atoms with van der Waals surface area (Å²) in [4.78, 5) is 20.5. The minimum atomic E-state index is -0.315. The predicted octanol–water partition coefficient (Wildman–Crippen LogP) is 4.34. The molecule has 1 atom stereocenters. The van der Waals surface area contributed by atoms with Gasteiger partial charge in [0.25, 0.3) is 5.56 Å². The molecule has 0 aliphatic heterocycles. The molecular formula is C20H19N3O2S2. The third kappa shape index (κ3) is 3.13. The molecule has 0 saturated carbocycles. The molecule has 3 aromatic rings. The zero-order valence-corrected chi connectivity index (χ0v) is 16.8. The van der Waals surface area contributed by atoms with E-state index in [4.69, 9.17) is 9.72 Å². The molecular weight excluding hydrogens is 378 g/mol. The minimum Gasteiger partial charge on any atom is -0.495 e. The molecule has 0 fully saturated rings. The first-order valence-electron chi connectivity index (χ1n) is 8.91. The number of benzene rings is 1. The quantitative estimate of drug-likeness (QED) is 0.484. The van der Waals surface area contributed by atoms with Crippen LogP contribution in [-0.2, 0) is 12.8 Å². The van der Waals surface area contributed by atoms with E-state index in [0.29, 0.717) is 16.6 Å². The van der Waals surface area contributed by atoms with E-state index in [1.165, 1.54) is 16.6 Å². The van der Waals surface area contributed by atoms with E-state index in [2.05, 4.69) is 6.07 Å². The Balaban J connectivity index is 2.05. The maximum atomic E-state index is 13.6. The van der Waals surface area contributed by atoms with Gasteiger partial charge >= 0.3 is 0 Å². The normalized spacial score (nSPS) is 14.6. The zero-order chi connectivity index (χ0) is 19.0. The van der Waals surface area contributed by atoms with Crippen LogP contribution in [0.15, 0.2) is 34.2 Å². The van der Waals surface area contributed by atoms with Crippen molar-refractivity contribution < 1.29 is 4.74 Å². The third-order valence-corrected chi connectivity index (χ3v) is 6.88. The number of thiophene rings is 1. The molecule has 27 heavy (non-hydrogen) atoms. The molecule has 0 spiro atoms. The molecule has 0 N–H and O–H groups in total. The van der Waals surface area contributed by atoms with Crippen molar-refractivity contribution in [3.8, 4) is 17.5 Å². The minimum absolute atomic E-state index is 0.0726. The highest BCUT2D eigenvalue weighted by molar-refractivity contribution is 8.00. The number of ether oxygens (including phenoxy) is 1. The topological polar surface area (TPSA) is 67.9 Å². The van der Waals surface area contributed by atoms with Crippen LogP contribution in [0, 0.1) is 11.3 Å². The highest BCUT2D eigenvalue weighted by atomic mass is 32.2. The summed E-state index contributed by atoms with van der Waals surface area (Å²) in [7, 11) is 1.59. The van der Waals surface area contributed by atoms with Crippen LogP contribution in [0.4, 0.5) is 0 Å². The van der Waals surface area contributed by atoms with Crippen LogP contribution in [-0.4, -0.2) is 21.9 Å². The number of thioether (sulfide) groups is 1. The van der Waals surface area contributed by atoms with Gasteiger partial charge in [0, 0.05) is 4.88 Å². The second kappa shape index (κ2) is 7.37. The monoisotopic (exact) mass is 397 g/mol. The van der Waals surface area contributed by atoms with Gasteiger partial charge in [-0.1, -0.05) is 23.9 Å². The number of hydrogen-bond acceptors (Lipinski definition) is 6. The summed E-state index contributed by atoms with van der Waals surface area (Å²) in [6, 6.07) is 9.65. The molecule has 4 rings (SSSR count). The second-order valence-corrected chi connectivity index (χ2v) is 8.88. The van der Waals surface area contributed by atoms with Gasteiger partial charge in [-0.25, -0.2) is 4.98 Å². The standard InChI is InChI=1S/C20H19N3O2S2/c1-12(11-21)26-20-22-18-17(13-7-3-6-10-16(13)27-18)19(24)23(20)14-8-4-5-9-15(14)25-2/h4-5,8-9,12H,3,6-7,10H2,1-2H3/t12-/m1/s1. The van der Waals surface area contributed by atoms with Crippen molar-refractivity contribution in [3.63, 3.8) is 0 Å². The molecule has 0 bridgehead atoms. The lowest BCUT2D eigenvalue weighted by Gasteiger charge is -2.16. The predicted molar refractivity (Wildman–Crippen MR) is 109 cm³/mol. The molecule has 5 nitrogen and oxygen atoms in total. The number of fused-ring (bicyclic) bond motifs is 3. The molecule has 0 saturated heterocycles. The highest BCUT2D eigenvalue weighted by Gasteiger charge is 2.24. The fourth-order valence-electron chi connectivity index (χ4n) is 3.48. The SMILES string of the molecule is COc1ccccc1-n1c(S[C@H](C)C#N)nc2sc3c(c2c1=O)CCCC3. The molecule has 1 aliphatic carbocycles. The number of methoxy groups -OCH3 is 1. The smallest absolute Gasteiger partial charge is 0.267 e. The average molecular weight is 398 g/mol. The van der Waals surface area contributed by atoms with Gasteiger partial charge in [-0.3, -0.25) is 9.36 Å². The third-order valence-electron chi connectivity index (χ3n) is 4.75. The molecule has 1 aromatic carbocycles. The van der Waals surface area contributed by atoms with Crippen molar-refractivity contribution in [3.05, 3.63) is 45.1 Å². The van der Waals surface area contributed by atoms with Gasteiger partial charge < -0.3 is 4.74 Å². The first-order chi connectivity index (χ1) is 13.1. The average Bonchev–Trinajstić information content (AvgIpc) is 3.06. The van der Waals surface area contributed by atoms with Crippen molar-refractivity contribution in [1.29, 1.82) is 5.26 Å². The maximum Gasteiger partial charge on any atom is 0.267 e. The van der Waals surface area contributed by atoms with Gasteiger partial charge in [-0.05, 0) is 50.3 Å². The van der Waals surface area contributed by atoms with Gasteiger partial charge in [0.2, 0.25) is 0 Å². The Labute approximate surface area is 165 Å². The van der Waals surface area contributed by atoms with Crippen LogP contribution < -0.4 is 10.3 Å². The molecule has 138 valence electrons. The summed E-state index contributed by atoms with van der Waals surface area (Å²) in [5.74, 6) is 0.608. The molecule has 0 unspecified atom stereocenters. The molecule has 2 aromatic heterocycles. The van der Waals surface area contributed by atoms with Crippen LogP contribution in [0.2, 0.25) is 0 Å². The summed E-state index contributed by atoms with van der Waals surface area (Å²) in [6.45, 7) is 1.81. The number of aromatic nitrogens is 2. The number of aryl methyl sites for hydroxylation is 2. The van der Waals surface area contributed by atoms with Gasteiger partial charge in [-0.15, -0.1) is 11.3 Å². The van der Waals surface area contributed by atoms with Crippen molar-refractivity contribution in [2.45, 2.75) is 43.0 Å². The van der Waals surface area contributed by atoms with E-state index in [1.54, 1.807) is 23.0 Å². The van der Waals surface area contributed by atoms with Gasteiger partial charge in [-0.2, -0.15) is 5.26 Å². The van der Waals surface area contributed by atoms with E-state index in [0.717, 1.165) is 41.5 Å². The van der Waals surface area contributed by atoms with E-state index in [-0.39, 0.29) is 10.8 Å². The number of para-hydroxylation sites is 2. The Morgan fingerprint density at radius 2 is 2.11 bits per heavy atom. The lowest BCUT2D eigenvalue weighted by molar-refractivity contribution is 0.411. The van der Waals surface area contributed by atoms with Crippen LogP contribution >= 0.6 is 23.1 Å². The fourth-order valence-corrected chi connectivity index (χ4v) is 5.59. The fraction of sp³-hybridized carbons (Fsp3) is 0.350. The second-order valence-electron chi connectivity index (χ2n) is 6.49. The Hall–Kier alpha value is -2.30. The first-order valence-corrected chi connectivity index (χ1v) is 10.6. The van der Waals surface area contributed by atoms with Gasteiger partial charge in [0.1, 0.15) is 10.6 Å². The van der Waals surface area contributed by atoms with Crippen molar-refractivity contribution in [2.24, 2.45) is 0 Å². The van der Waals surface area contributed by atoms with Crippen LogP contribution in [0.25, 0.3) is 15.9 Å². The zero-order valence-electron chi connectivity index (χ0n) is 15.2. The van der Waals surface area contributed by atoms with Crippen LogP contribution in [0.3, 0.4) is 0 Å². The van der Waals surface area contributed by atoms with Gasteiger partial charge in [0.15, 0.2) is 5.16 Å². The number of rotatable bonds is 4. The Bertz CT molecular complexity index is 1110. The summed E-state index contributed by atoms with van der Waals surface area (Å²) >= 11 is 2.93. The van der Waals surface area contributed by atoms with Crippen molar-refractivity contribution >= 4 is 33.3 Å². The number of nitriles is 1. The number of nitrogens with zero attached hydrogens (tertiary/aromatic N) is 3. The summed E-state index contributed by atoms with van der Waals surface area (Å²) in [5, 5.41) is 10.2. The van der Waals surface area contributed by atoms with E-state index in [1.807, 2.05) is 31.2 Å². The molecule has 2 heterocycles. The molecule has 7 heteroatoms. The molecule has 0 radical (unpaired) electrons. The maximum absolute atomic E-state index is 13.6. The van der Waals surface area contributed by atoms with E-state index >= 15 is 0 Å².